The normalized spacial score (nSPS) is 12.6. The molecule has 4 aromatic rings. The third-order valence-electron chi connectivity index (χ3n) is 3.76. The highest BCUT2D eigenvalue weighted by Gasteiger charge is 2.18. The molecule has 1 N–H and O–H groups in total. The number of aromatic amines is 1. The molecule has 0 amide bonds. The van der Waals surface area contributed by atoms with Crippen molar-refractivity contribution in [2.24, 2.45) is 0 Å². The van der Waals surface area contributed by atoms with Gasteiger partial charge in [0.1, 0.15) is 5.82 Å². The van der Waals surface area contributed by atoms with E-state index in [4.69, 9.17) is 4.42 Å². The van der Waals surface area contributed by atoms with E-state index in [1.54, 1.807) is 17.4 Å². The van der Waals surface area contributed by atoms with E-state index in [-0.39, 0.29) is 10.8 Å². The second kappa shape index (κ2) is 6.45. The molecule has 0 saturated carbocycles. The Bertz CT molecular complexity index is 1100. The first-order chi connectivity index (χ1) is 12.1. The van der Waals surface area contributed by atoms with Crippen molar-refractivity contribution in [3.05, 3.63) is 57.5 Å². The molecule has 0 aliphatic heterocycles. The molecule has 0 aliphatic rings. The molecule has 6 nitrogen and oxygen atoms in total. The number of fused-ring (bicyclic) bond motifs is 1. The van der Waals surface area contributed by atoms with E-state index in [0.29, 0.717) is 27.8 Å². The fourth-order valence-electron chi connectivity index (χ4n) is 2.45. The van der Waals surface area contributed by atoms with Gasteiger partial charge in [-0.15, -0.1) is 21.5 Å². The van der Waals surface area contributed by atoms with Gasteiger partial charge in [-0.05, 0) is 43.0 Å². The lowest BCUT2D eigenvalue weighted by molar-refractivity contribution is 0.465. The molecule has 3 aromatic heterocycles. The summed E-state index contributed by atoms with van der Waals surface area (Å²) >= 11 is 2.94. The summed E-state index contributed by atoms with van der Waals surface area (Å²) in [7, 11) is 0. The number of nitrogens with zero attached hydrogens (tertiary/aromatic N) is 3. The molecule has 0 fully saturated rings. The summed E-state index contributed by atoms with van der Waals surface area (Å²) < 4.78 is 5.75. The third kappa shape index (κ3) is 3.10. The molecule has 3 heterocycles. The van der Waals surface area contributed by atoms with Gasteiger partial charge in [0.2, 0.25) is 0 Å². The molecule has 1 atom stereocenters. The monoisotopic (exact) mass is 370 g/mol. The molecule has 8 heteroatoms. The lowest BCUT2D eigenvalue weighted by atomic mass is 10.2. The Labute approximate surface area is 151 Å². The lowest BCUT2D eigenvalue weighted by Crippen LogP contribution is -2.12. The number of thioether (sulfide) groups is 1. The first-order valence-electron chi connectivity index (χ1n) is 7.65. The second-order valence-electron chi connectivity index (χ2n) is 5.53. The molecule has 0 radical (unpaired) electrons. The fourth-order valence-corrected chi connectivity index (χ4v) is 4.03. The van der Waals surface area contributed by atoms with Gasteiger partial charge in [0.15, 0.2) is 0 Å². The van der Waals surface area contributed by atoms with Gasteiger partial charge in [-0.25, -0.2) is 4.98 Å². The van der Waals surface area contributed by atoms with Crippen molar-refractivity contribution >= 4 is 34.0 Å². The number of thiophene rings is 1. The fraction of sp³-hybridized carbons (Fsp3) is 0.176. The van der Waals surface area contributed by atoms with Crippen LogP contribution in [0.25, 0.3) is 21.7 Å². The zero-order valence-corrected chi connectivity index (χ0v) is 15.1. The van der Waals surface area contributed by atoms with Crippen molar-refractivity contribution in [2.75, 3.05) is 0 Å². The van der Waals surface area contributed by atoms with Crippen LogP contribution in [0.3, 0.4) is 0 Å². The largest absolute Gasteiger partial charge is 0.410 e. The predicted molar refractivity (Wildman–Crippen MR) is 99.0 cm³/mol. The average Bonchev–Trinajstić information content (AvgIpc) is 3.23. The highest BCUT2D eigenvalue weighted by atomic mass is 32.2. The van der Waals surface area contributed by atoms with Crippen molar-refractivity contribution in [3.8, 4) is 10.8 Å². The summed E-state index contributed by atoms with van der Waals surface area (Å²) in [5.74, 6) is 1.10. The summed E-state index contributed by atoms with van der Waals surface area (Å²) in [6.07, 6.45) is 0. The topological polar surface area (TPSA) is 84.7 Å². The SMILES string of the molecule is Cc1ccsc1-c1nnc(SC(C)c2nc3ccccc3c(=O)[nH]2)o1. The number of rotatable bonds is 4. The van der Waals surface area contributed by atoms with E-state index in [0.717, 1.165) is 10.4 Å². The third-order valence-corrected chi connectivity index (χ3v) is 5.70. The van der Waals surface area contributed by atoms with Crippen LogP contribution in [0.4, 0.5) is 0 Å². The molecule has 0 spiro atoms. The van der Waals surface area contributed by atoms with Crippen molar-refractivity contribution in [1.29, 1.82) is 0 Å². The highest BCUT2D eigenvalue weighted by Crippen LogP contribution is 2.35. The molecule has 1 aromatic carbocycles. The zero-order chi connectivity index (χ0) is 17.4. The van der Waals surface area contributed by atoms with Gasteiger partial charge in [0, 0.05) is 0 Å². The standard InChI is InChI=1S/C17H14N4O2S2/c1-9-7-8-24-13(9)16-20-21-17(23-16)25-10(2)14-18-12-6-4-3-5-11(12)15(22)19-14/h3-8,10H,1-2H3,(H,18,19,22). The maximum atomic E-state index is 12.2. The highest BCUT2D eigenvalue weighted by molar-refractivity contribution is 7.99. The van der Waals surface area contributed by atoms with Crippen LogP contribution in [0.1, 0.15) is 23.6 Å². The van der Waals surface area contributed by atoms with Crippen LogP contribution in [0, 0.1) is 6.92 Å². The molecule has 25 heavy (non-hydrogen) atoms. The summed E-state index contributed by atoms with van der Waals surface area (Å²) in [6, 6.07) is 9.29. The molecule has 0 aliphatic carbocycles. The number of aromatic nitrogens is 4. The number of nitrogens with one attached hydrogen (secondary N) is 1. The summed E-state index contributed by atoms with van der Waals surface area (Å²) in [6.45, 7) is 3.95. The Morgan fingerprint density at radius 2 is 2.08 bits per heavy atom. The van der Waals surface area contributed by atoms with Gasteiger partial charge in [0.25, 0.3) is 16.7 Å². The summed E-state index contributed by atoms with van der Waals surface area (Å²) in [5, 5.41) is 11.1. The van der Waals surface area contributed by atoms with Gasteiger partial charge >= 0.3 is 0 Å². The average molecular weight is 370 g/mol. The first-order valence-corrected chi connectivity index (χ1v) is 9.41. The lowest BCUT2D eigenvalue weighted by Gasteiger charge is -2.08. The van der Waals surface area contributed by atoms with Crippen LogP contribution in [-0.4, -0.2) is 20.2 Å². The van der Waals surface area contributed by atoms with Crippen molar-refractivity contribution < 1.29 is 4.42 Å². The zero-order valence-electron chi connectivity index (χ0n) is 13.5. The number of benzene rings is 1. The Hall–Kier alpha value is -2.45. The maximum Gasteiger partial charge on any atom is 0.277 e. The van der Waals surface area contributed by atoms with E-state index in [9.17, 15) is 4.79 Å². The minimum Gasteiger partial charge on any atom is -0.410 e. The number of hydrogen-bond donors (Lipinski definition) is 1. The van der Waals surface area contributed by atoms with Crippen molar-refractivity contribution in [3.63, 3.8) is 0 Å². The van der Waals surface area contributed by atoms with Crippen LogP contribution in [-0.2, 0) is 0 Å². The Morgan fingerprint density at radius 1 is 1.24 bits per heavy atom. The molecule has 4 rings (SSSR count). The minimum atomic E-state index is -0.145. The van der Waals surface area contributed by atoms with Gasteiger partial charge in [-0.2, -0.15) is 0 Å². The number of hydrogen-bond acceptors (Lipinski definition) is 7. The van der Waals surface area contributed by atoms with E-state index in [1.165, 1.54) is 11.8 Å². The van der Waals surface area contributed by atoms with E-state index < -0.39 is 0 Å². The first kappa shape index (κ1) is 16.0. The molecule has 126 valence electrons. The van der Waals surface area contributed by atoms with E-state index in [2.05, 4.69) is 20.2 Å². The number of H-pyrrole nitrogens is 1. The van der Waals surface area contributed by atoms with Crippen LogP contribution in [0.5, 0.6) is 0 Å². The van der Waals surface area contributed by atoms with Crippen molar-refractivity contribution in [2.45, 2.75) is 24.3 Å². The molecular formula is C17H14N4O2S2. The van der Waals surface area contributed by atoms with Gasteiger partial charge < -0.3 is 9.40 Å². The second-order valence-corrected chi connectivity index (χ2v) is 7.74. The minimum absolute atomic E-state index is 0.130. The molecule has 0 saturated heterocycles. The summed E-state index contributed by atoms with van der Waals surface area (Å²) in [5.41, 5.74) is 1.64. The van der Waals surface area contributed by atoms with Gasteiger partial charge in [-0.3, -0.25) is 4.79 Å². The Morgan fingerprint density at radius 3 is 2.88 bits per heavy atom. The van der Waals surface area contributed by atoms with Crippen LogP contribution in [0.15, 0.2) is 50.1 Å². The smallest absolute Gasteiger partial charge is 0.277 e. The molecule has 0 bridgehead atoms. The Kier molecular flexibility index (Phi) is 4.14. The quantitative estimate of drug-likeness (QED) is 0.542. The van der Waals surface area contributed by atoms with Crippen LogP contribution >= 0.6 is 23.1 Å². The summed E-state index contributed by atoms with van der Waals surface area (Å²) in [4.78, 5) is 20.6. The van der Waals surface area contributed by atoms with Crippen molar-refractivity contribution in [1.82, 2.24) is 20.2 Å². The number of para-hydroxylation sites is 1. The van der Waals surface area contributed by atoms with Crippen LogP contribution < -0.4 is 5.56 Å². The van der Waals surface area contributed by atoms with Gasteiger partial charge in [0.05, 0.1) is 21.0 Å². The molecular weight excluding hydrogens is 356 g/mol. The predicted octanol–water partition coefficient (Wildman–Crippen LogP) is 4.20. The Balaban J connectivity index is 1.60. The maximum absolute atomic E-state index is 12.2. The van der Waals surface area contributed by atoms with E-state index >= 15 is 0 Å². The van der Waals surface area contributed by atoms with E-state index in [1.807, 2.05) is 43.5 Å². The number of aryl methyl sites for hydroxylation is 1. The van der Waals surface area contributed by atoms with Crippen LogP contribution in [0.2, 0.25) is 0 Å². The van der Waals surface area contributed by atoms with Gasteiger partial charge in [-0.1, -0.05) is 23.9 Å². The molecule has 1 unspecified atom stereocenters.